The molecule has 0 saturated carbocycles. The van der Waals surface area contributed by atoms with Crippen LogP contribution in [0.3, 0.4) is 0 Å². The minimum Gasteiger partial charge on any atom is -0.398 e. The third-order valence-corrected chi connectivity index (χ3v) is 3.59. The molecule has 2 nitrogen and oxygen atoms in total. The minimum atomic E-state index is 0.0445. The highest BCUT2D eigenvalue weighted by molar-refractivity contribution is 9.10. The number of aryl methyl sites for hydroxylation is 1. The molecule has 0 aromatic heterocycles. The van der Waals surface area contributed by atoms with Crippen molar-refractivity contribution < 1.29 is 4.79 Å². The number of nitrogens with two attached hydrogens (primary N) is 1. The van der Waals surface area contributed by atoms with Gasteiger partial charge >= 0.3 is 0 Å². The van der Waals surface area contributed by atoms with Crippen molar-refractivity contribution in [1.82, 2.24) is 0 Å². The van der Waals surface area contributed by atoms with Crippen LogP contribution in [0.1, 0.15) is 21.5 Å². The zero-order valence-electron chi connectivity index (χ0n) is 10.1. The molecule has 92 valence electrons. The van der Waals surface area contributed by atoms with E-state index in [4.69, 9.17) is 5.73 Å². The summed E-state index contributed by atoms with van der Waals surface area (Å²) in [5.41, 5.74) is 9.01. The number of rotatable bonds is 3. The highest BCUT2D eigenvalue weighted by Gasteiger charge is 2.12. The Hall–Kier alpha value is -1.61. The van der Waals surface area contributed by atoms with Crippen molar-refractivity contribution in [2.24, 2.45) is 0 Å². The van der Waals surface area contributed by atoms with Crippen LogP contribution in [0, 0.1) is 6.92 Å². The Bertz CT molecular complexity index is 593. The molecule has 2 rings (SSSR count). The molecule has 0 radical (unpaired) electrons. The zero-order valence-corrected chi connectivity index (χ0v) is 11.7. The van der Waals surface area contributed by atoms with Gasteiger partial charge in [0.25, 0.3) is 0 Å². The van der Waals surface area contributed by atoms with Gasteiger partial charge in [0, 0.05) is 22.1 Å². The summed E-state index contributed by atoms with van der Waals surface area (Å²) >= 11 is 3.45. The molecule has 2 aromatic rings. The summed E-state index contributed by atoms with van der Waals surface area (Å²) in [4.78, 5) is 12.2. The van der Waals surface area contributed by atoms with Crippen molar-refractivity contribution in [2.75, 3.05) is 5.73 Å². The van der Waals surface area contributed by atoms with E-state index in [1.54, 1.807) is 6.07 Å². The number of carbonyl (C=O) groups excluding carboxylic acids is 1. The summed E-state index contributed by atoms with van der Waals surface area (Å²) in [7, 11) is 0. The molecule has 0 fully saturated rings. The smallest absolute Gasteiger partial charge is 0.169 e. The molecule has 0 bridgehead atoms. The highest BCUT2D eigenvalue weighted by Crippen LogP contribution is 2.20. The second-order valence-corrected chi connectivity index (χ2v) is 5.14. The van der Waals surface area contributed by atoms with Gasteiger partial charge < -0.3 is 5.73 Å². The van der Waals surface area contributed by atoms with Gasteiger partial charge in [0.05, 0.1) is 0 Å². The fraction of sp³-hybridized carbons (Fsp3) is 0.133. The lowest BCUT2D eigenvalue weighted by Crippen LogP contribution is -2.07. The zero-order chi connectivity index (χ0) is 13.1. The van der Waals surface area contributed by atoms with Crippen LogP contribution in [0.25, 0.3) is 0 Å². The predicted octanol–water partition coefficient (Wildman–Crippen LogP) is 3.77. The Kier molecular flexibility index (Phi) is 3.82. The molecule has 0 aliphatic carbocycles. The standard InChI is InChI=1S/C15H14BrNO/c1-10-6-7-14(17)12(8-10)15(18)9-11-4-2-3-5-13(11)16/h2-8H,9,17H2,1H3. The first-order chi connectivity index (χ1) is 8.58. The first-order valence-electron chi connectivity index (χ1n) is 5.70. The predicted molar refractivity (Wildman–Crippen MR) is 77.8 cm³/mol. The molecule has 3 heteroatoms. The third-order valence-electron chi connectivity index (χ3n) is 2.82. The molecule has 2 aromatic carbocycles. The van der Waals surface area contributed by atoms with Crippen LogP contribution < -0.4 is 5.73 Å². The van der Waals surface area contributed by atoms with Crippen molar-refractivity contribution in [3.63, 3.8) is 0 Å². The number of Topliss-reactive ketones (excluding diaryl/α,β-unsaturated/α-hetero) is 1. The van der Waals surface area contributed by atoms with Crippen molar-refractivity contribution in [3.8, 4) is 0 Å². The van der Waals surface area contributed by atoms with E-state index in [0.717, 1.165) is 15.6 Å². The Morgan fingerprint density at radius 1 is 1.22 bits per heavy atom. The average molecular weight is 304 g/mol. The van der Waals surface area contributed by atoms with Gasteiger partial charge in [0.1, 0.15) is 0 Å². The molecule has 0 spiro atoms. The molecule has 0 atom stereocenters. The van der Waals surface area contributed by atoms with Crippen molar-refractivity contribution >= 4 is 27.4 Å². The first kappa shape index (κ1) is 12.8. The number of carbonyl (C=O) groups is 1. The van der Waals surface area contributed by atoms with Gasteiger partial charge in [0.15, 0.2) is 5.78 Å². The Labute approximate surface area is 115 Å². The molecule has 0 saturated heterocycles. The maximum Gasteiger partial charge on any atom is 0.169 e. The lowest BCUT2D eigenvalue weighted by molar-refractivity contribution is 0.0993. The summed E-state index contributed by atoms with van der Waals surface area (Å²) in [6, 6.07) is 13.3. The van der Waals surface area contributed by atoms with E-state index in [9.17, 15) is 4.79 Å². The fourth-order valence-electron chi connectivity index (χ4n) is 1.82. The lowest BCUT2D eigenvalue weighted by Gasteiger charge is -2.07. The summed E-state index contributed by atoms with van der Waals surface area (Å²) < 4.78 is 0.949. The molecule has 0 aliphatic heterocycles. The Morgan fingerprint density at radius 3 is 2.67 bits per heavy atom. The molecule has 0 unspecified atom stereocenters. The summed E-state index contributed by atoms with van der Waals surface area (Å²) in [5.74, 6) is 0.0445. The van der Waals surface area contributed by atoms with Crippen LogP contribution in [-0.4, -0.2) is 5.78 Å². The Morgan fingerprint density at radius 2 is 1.94 bits per heavy atom. The quantitative estimate of drug-likeness (QED) is 0.693. The molecule has 0 heterocycles. The number of benzene rings is 2. The third kappa shape index (κ3) is 2.79. The van der Waals surface area contributed by atoms with Gasteiger partial charge in [-0.3, -0.25) is 4.79 Å². The van der Waals surface area contributed by atoms with E-state index in [0.29, 0.717) is 17.7 Å². The van der Waals surface area contributed by atoms with E-state index in [2.05, 4.69) is 15.9 Å². The van der Waals surface area contributed by atoms with Gasteiger partial charge in [-0.2, -0.15) is 0 Å². The highest BCUT2D eigenvalue weighted by atomic mass is 79.9. The molecule has 0 amide bonds. The number of ketones is 1. The summed E-state index contributed by atoms with van der Waals surface area (Å²) in [6.45, 7) is 1.95. The molecule has 2 N–H and O–H groups in total. The molecule has 18 heavy (non-hydrogen) atoms. The number of halogens is 1. The van der Waals surface area contributed by atoms with Gasteiger partial charge in [-0.15, -0.1) is 0 Å². The molecule has 0 aliphatic rings. The molecular weight excluding hydrogens is 290 g/mol. The van der Waals surface area contributed by atoms with Gasteiger partial charge in [0.2, 0.25) is 0 Å². The van der Waals surface area contributed by atoms with E-state index in [1.165, 1.54) is 0 Å². The average Bonchev–Trinajstić information content (AvgIpc) is 2.35. The normalized spacial score (nSPS) is 10.3. The maximum absolute atomic E-state index is 12.2. The van der Waals surface area contributed by atoms with E-state index < -0.39 is 0 Å². The molecular formula is C15H14BrNO. The largest absolute Gasteiger partial charge is 0.398 e. The van der Waals surface area contributed by atoms with Crippen molar-refractivity contribution in [2.45, 2.75) is 13.3 Å². The fourth-order valence-corrected chi connectivity index (χ4v) is 2.25. The second kappa shape index (κ2) is 5.36. The van der Waals surface area contributed by atoms with Crippen LogP contribution in [0.5, 0.6) is 0 Å². The van der Waals surface area contributed by atoms with Gasteiger partial charge in [-0.05, 0) is 30.7 Å². The first-order valence-corrected chi connectivity index (χ1v) is 6.50. The van der Waals surface area contributed by atoms with E-state index in [1.807, 2.05) is 43.3 Å². The van der Waals surface area contributed by atoms with Crippen LogP contribution in [0.4, 0.5) is 5.69 Å². The second-order valence-electron chi connectivity index (χ2n) is 4.28. The lowest BCUT2D eigenvalue weighted by atomic mass is 10.00. The van der Waals surface area contributed by atoms with Crippen molar-refractivity contribution in [1.29, 1.82) is 0 Å². The summed E-state index contributed by atoms with van der Waals surface area (Å²) in [5, 5.41) is 0. The van der Waals surface area contributed by atoms with Crippen LogP contribution in [0.2, 0.25) is 0 Å². The number of hydrogen-bond donors (Lipinski definition) is 1. The van der Waals surface area contributed by atoms with E-state index in [-0.39, 0.29) is 5.78 Å². The van der Waals surface area contributed by atoms with Crippen molar-refractivity contribution in [3.05, 3.63) is 63.6 Å². The minimum absolute atomic E-state index is 0.0445. The summed E-state index contributed by atoms with van der Waals surface area (Å²) in [6.07, 6.45) is 0.356. The Balaban J connectivity index is 2.28. The van der Waals surface area contributed by atoms with Crippen LogP contribution in [-0.2, 0) is 6.42 Å². The monoisotopic (exact) mass is 303 g/mol. The van der Waals surface area contributed by atoms with Gasteiger partial charge in [-0.1, -0.05) is 45.8 Å². The SMILES string of the molecule is Cc1ccc(N)c(C(=O)Cc2ccccc2Br)c1. The van der Waals surface area contributed by atoms with Crippen LogP contribution >= 0.6 is 15.9 Å². The maximum atomic E-state index is 12.2. The topological polar surface area (TPSA) is 43.1 Å². The van der Waals surface area contributed by atoms with Gasteiger partial charge in [-0.25, -0.2) is 0 Å². The van der Waals surface area contributed by atoms with Crippen LogP contribution in [0.15, 0.2) is 46.9 Å². The number of hydrogen-bond acceptors (Lipinski definition) is 2. The number of nitrogen functional groups attached to an aromatic ring is 1. The number of anilines is 1. The van der Waals surface area contributed by atoms with E-state index >= 15 is 0 Å².